The molecule has 1 aliphatic carbocycles. The molecule has 0 amide bonds. The molecule has 4 nitrogen and oxygen atoms in total. The van der Waals surface area contributed by atoms with Crippen molar-refractivity contribution in [3.63, 3.8) is 0 Å². The predicted molar refractivity (Wildman–Crippen MR) is 171 cm³/mol. The number of carbonyl (C=O) groups excluding carboxylic acids is 1. The van der Waals surface area contributed by atoms with E-state index in [9.17, 15) is 23.1 Å². The monoisotopic (exact) mass is 791 g/mol. The van der Waals surface area contributed by atoms with E-state index in [2.05, 4.69) is 29.3 Å². The van der Waals surface area contributed by atoms with Crippen molar-refractivity contribution in [1.82, 2.24) is 4.98 Å². The molecule has 0 aliphatic heterocycles. The topological polar surface area (TPSA) is 63.3 Å². The number of benzene rings is 3. The number of nitrogens with zero attached hydrogens (tertiary/aromatic N) is 1. The third-order valence-electron chi connectivity index (χ3n) is 8.49. The standard InChI is InChI=1S/C24H11F3NO.C13H24O2.Ir/c25-24(26,27)15-8-10-19(28-12-15)16-5-2-6-18-22-17-9-7-13-3-1-4-14(21(13)17)11-20(22)29-23(16)18;1-5-10(6-2)12(14)9-13(15)11(7-3)8-4;/h1-4,6-12H;9-11,14H,5-8H2,1-4H3;/q-1;;/b;12-9-;. The van der Waals surface area contributed by atoms with Crippen LogP contribution in [0, 0.1) is 17.9 Å². The van der Waals surface area contributed by atoms with Gasteiger partial charge >= 0.3 is 6.18 Å². The van der Waals surface area contributed by atoms with E-state index in [1.54, 1.807) is 6.07 Å². The number of pyridine rings is 1. The van der Waals surface area contributed by atoms with Crippen LogP contribution in [0.3, 0.4) is 0 Å². The number of aliphatic hydroxyl groups is 1. The molecule has 1 radical (unpaired) electrons. The molecule has 0 spiro atoms. The van der Waals surface area contributed by atoms with Crippen LogP contribution in [-0.4, -0.2) is 15.9 Å². The molecule has 0 atom stereocenters. The van der Waals surface area contributed by atoms with Crippen molar-refractivity contribution in [3.05, 3.63) is 89.3 Å². The number of aromatic nitrogens is 1. The summed E-state index contributed by atoms with van der Waals surface area (Å²) in [7, 11) is 0. The summed E-state index contributed by atoms with van der Waals surface area (Å²) >= 11 is 0. The average molecular weight is 791 g/mol. The van der Waals surface area contributed by atoms with Crippen molar-refractivity contribution in [2.75, 3.05) is 0 Å². The van der Waals surface area contributed by atoms with Crippen molar-refractivity contribution in [2.24, 2.45) is 11.8 Å². The molecular formula is C37H35F3IrNO3-. The molecular weight excluding hydrogens is 756 g/mol. The largest absolute Gasteiger partial charge is 0.512 e. The van der Waals surface area contributed by atoms with E-state index in [0.29, 0.717) is 16.8 Å². The molecule has 1 N–H and O–H groups in total. The van der Waals surface area contributed by atoms with Gasteiger partial charge < -0.3 is 14.5 Å². The third-order valence-corrected chi connectivity index (χ3v) is 8.49. The molecule has 0 saturated heterocycles. The van der Waals surface area contributed by atoms with E-state index in [1.807, 2.05) is 52.0 Å². The predicted octanol–water partition coefficient (Wildman–Crippen LogP) is 11.0. The van der Waals surface area contributed by atoms with E-state index in [-0.39, 0.29) is 43.5 Å². The molecule has 0 unspecified atom stereocenters. The molecule has 0 bridgehead atoms. The molecule has 2 heterocycles. The quantitative estimate of drug-likeness (QED) is 0.0948. The second-order valence-electron chi connectivity index (χ2n) is 11.1. The van der Waals surface area contributed by atoms with Crippen molar-refractivity contribution >= 4 is 50.6 Å². The number of hydrogen-bond acceptors (Lipinski definition) is 4. The van der Waals surface area contributed by atoms with Gasteiger partial charge in [0.25, 0.3) is 0 Å². The first-order valence-electron chi connectivity index (χ1n) is 15.1. The number of halogens is 3. The number of carbonyl (C=O) groups is 1. The average Bonchev–Trinajstić information content (AvgIpc) is 3.61. The van der Waals surface area contributed by atoms with Gasteiger partial charge in [0.05, 0.1) is 16.9 Å². The number of rotatable bonds is 8. The summed E-state index contributed by atoms with van der Waals surface area (Å²) in [5, 5.41) is 13.9. The summed E-state index contributed by atoms with van der Waals surface area (Å²) in [5.74, 6) is 0.547. The molecule has 3 aromatic carbocycles. The summed E-state index contributed by atoms with van der Waals surface area (Å²) in [6.07, 6.45) is 5.50. The second kappa shape index (κ2) is 14.1. The first-order valence-corrected chi connectivity index (χ1v) is 15.1. The van der Waals surface area contributed by atoms with Gasteiger partial charge in [0, 0.05) is 49.6 Å². The van der Waals surface area contributed by atoms with Gasteiger partial charge in [-0.25, -0.2) is 0 Å². The minimum absolute atomic E-state index is 0. The molecule has 1 aliphatic rings. The van der Waals surface area contributed by atoms with Crippen LogP contribution in [0.4, 0.5) is 13.2 Å². The number of furan rings is 1. The Labute approximate surface area is 274 Å². The fraction of sp³-hybridized carbons (Fsp3) is 0.297. The molecule has 8 heteroatoms. The number of hydrogen-bond donors (Lipinski definition) is 1. The van der Waals surface area contributed by atoms with Gasteiger partial charge in [-0.05, 0) is 59.3 Å². The normalized spacial score (nSPS) is 12.7. The van der Waals surface area contributed by atoms with Gasteiger partial charge in [0.1, 0.15) is 5.58 Å². The Hall–Kier alpha value is -3.74. The molecule has 237 valence electrons. The SMILES string of the molecule is CCC(CC)C(=O)/C=C(\O)C(CC)CC.FC(F)(F)c1ccc(-c2[c-]ccc3c2oc2cc4cccc5c4c(c23)C=C5)nc1.[Ir]. The van der Waals surface area contributed by atoms with Gasteiger partial charge in [-0.3, -0.25) is 4.79 Å². The zero-order chi connectivity index (χ0) is 31.6. The number of ketones is 1. The molecule has 2 aromatic heterocycles. The van der Waals surface area contributed by atoms with Crippen LogP contribution in [0.1, 0.15) is 70.1 Å². The summed E-state index contributed by atoms with van der Waals surface area (Å²) < 4.78 is 44.8. The van der Waals surface area contributed by atoms with Crippen molar-refractivity contribution in [2.45, 2.75) is 59.6 Å². The minimum atomic E-state index is -4.42. The van der Waals surface area contributed by atoms with Crippen LogP contribution in [0.25, 0.3) is 56.1 Å². The van der Waals surface area contributed by atoms with E-state index in [4.69, 9.17) is 4.42 Å². The maximum atomic E-state index is 12.9. The zero-order valence-corrected chi connectivity index (χ0v) is 28.0. The Morgan fingerprint density at radius 1 is 0.978 bits per heavy atom. The molecule has 0 saturated carbocycles. The fourth-order valence-electron chi connectivity index (χ4n) is 5.90. The molecule has 6 rings (SSSR count). The Morgan fingerprint density at radius 2 is 1.69 bits per heavy atom. The Balaban J connectivity index is 0.000000249. The van der Waals surface area contributed by atoms with E-state index in [1.165, 1.54) is 23.1 Å². The Morgan fingerprint density at radius 3 is 2.31 bits per heavy atom. The van der Waals surface area contributed by atoms with Gasteiger partial charge in [-0.2, -0.15) is 13.2 Å². The second-order valence-corrected chi connectivity index (χ2v) is 11.1. The van der Waals surface area contributed by atoms with Gasteiger partial charge in [0.15, 0.2) is 5.78 Å². The van der Waals surface area contributed by atoms with Gasteiger partial charge in [0.2, 0.25) is 0 Å². The summed E-state index contributed by atoms with van der Waals surface area (Å²) in [4.78, 5) is 15.7. The first-order chi connectivity index (χ1) is 21.1. The van der Waals surface area contributed by atoms with Crippen molar-refractivity contribution < 1.29 is 47.6 Å². The molecule has 5 aromatic rings. The minimum Gasteiger partial charge on any atom is -0.512 e. The van der Waals surface area contributed by atoms with Crippen LogP contribution < -0.4 is 0 Å². The van der Waals surface area contributed by atoms with Gasteiger partial charge in [-0.15, -0.1) is 18.2 Å². The molecule has 0 fully saturated rings. The maximum absolute atomic E-state index is 12.9. The number of allylic oxidation sites excluding steroid dienone is 2. The number of aliphatic hydroxyl groups excluding tert-OH is 1. The van der Waals surface area contributed by atoms with Crippen LogP contribution in [0.5, 0.6) is 0 Å². The fourth-order valence-corrected chi connectivity index (χ4v) is 5.90. The Bertz CT molecular complexity index is 1880. The Kier molecular flexibility index (Phi) is 10.7. The number of alkyl halides is 3. The summed E-state index contributed by atoms with van der Waals surface area (Å²) in [6, 6.07) is 17.3. The van der Waals surface area contributed by atoms with Crippen LogP contribution in [0.15, 0.2) is 71.0 Å². The summed E-state index contributed by atoms with van der Waals surface area (Å²) in [6.45, 7) is 8.07. The third kappa shape index (κ3) is 6.78. The number of fused-ring (bicyclic) bond motifs is 4. The van der Waals surface area contributed by atoms with Crippen molar-refractivity contribution in [3.8, 4) is 11.3 Å². The smallest absolute Gasteiger partial charge is 0.417 e. The van der Waals surface area contributed by atoms with E-state index in [0.717, 1.165) is 65.3 Å². The van der Waals surface area contributed by atoms with Crippen LogP contribution in [-0.2, 0) is 31.1 Å². The van der Waals surface area contributed by atoms with Crippen LogP contribution >= 0.6 is 0 Å². The van der Waals surface area contributed by atoms with Crippen LogP contribution in [0.2, 0.25) is 0 Å². The zero-order valence-electron chi connectivity index (χ0n) is 25.6. The van der Waals surface area contributed by atoms with Crippen molar-refractivity contribution in [1.29, 1.82) is 0 Å². The first kappa shape index (κ1) is 34.1. The maximum Gasteiger partial charge on any atom is 0.417 e. The molecule has 45 heavy (non-hydrogen) atoms. The van der Waals surface area contributed by atoms with E-state index < -0.39 is 11.7 Å². The van der Waals surface area contributed by atoms with Gasteiger partial charge in [-0.1, -0.05) is 81.1 Å². The van der Waals surface area contributed by atoms with E-state index >= 15 is 0 Å². The summed E-state index contributed by atoms with van der Waals surface area (Å²) in [5.41, 5.74) is 3.73.